The second kappa shape index (κ2) is 8.80. The Labute approximate surface area is 96.6 Å². The van der Waals surface area contributed by atoms with Crippen molar-refractivity contribution >= 4 is 17.7 Å². The first-order chi connectivity index (χ1) is 7.15. The lowest BCUT2D eigenvalue weighted by Crippen LogP contribution is -2.28. The fourth-order valence-electron chi connectivity index (χ4n) is 1.20. The van der Waals surface area contributed by atoms with E-state index in [0.717, 1.165) is 17.9 Å². The normalized spacial score (nSPS) is 13.7. The van der Waals surface area contributed by atoms with Gasteiger partial charge in [-0.25, -0.2) is 4.79 Å². The van der Waals surface area contributed by atoms with Gasteiger partial charge in [0.15, 0.2) is 0 Å². The number of methoxy groups -OCH3 is 1. The minimum absolute atomic E-state index is 0.225. The molecule has 1 atom stereocenters. The Balaban J connectivity index is 3.96. The van der Waals surface area contributed by atoms with Crippen LogP contribution in [0.15, 0.2) is 11.6 Å². The number of hydrogen-bond acceptors (Lipinski definition) is 4. The van der Waals surface area contributed by atoms with Crippen LogP contribution in [0.25, 0.3) is 0 Å². The standard InChI is InChI=1S/C11H21NO2S/c1-5-10(11(13)14-3)6-7-12-9(2)8-15-4/h6,9,12H,5,7-8H2,1-4H3. The van der Waals surface area contributed by atoms with Gasteiger partial charge in [-0.1, -0.05) is 13.0 Å². The topological polar surface area (TPSA) is 38.3 Å². The highest BCUT2D eigenvalue weighted by Crippen LogP contribution is 2.02. The molecule has 0 aliphatic heterocycles. The van der Waals surface area contributed by atoms with Crippen LogP contribution in [0.5, 0.6) is 0 Å². The van der Waals surface area contributed by atoms with Gasteiger partial charge < -0.3 is 10.1 Å². The highest BCUT2D eigenvalue weighted by atomic mass is 32.2. The van der Waals surface area contributed by atoms with Crippen molar-refractivity contribution in [2.45, 2.75) is 26.3 Å². The summed E-state index contributed by atoms with van der Waals surface area (Å²) < 4.78 is 4.67. The molecule has 0 rings (SSSR count). The molecule has 4 heteroatoms. The van der Waals surface area contributed by atoms with Crippen LogP contribution < -0.4 is 5.32 Å². The first kappa shape index (κ1) is 14.5. The number of carbonyl (C=O) groups excluding carboxylic acids is 1. The van der Waals surface area contributed by atoms with Crippen LogP contribution in [-0.4, -0.2) is 37.7 Å². The van der Waals surface area contributed by atoms with Crippen LogP contribution in [0.1, 0.15) is 20.3 Å². The first-order valence-electron chi connectivity index (χ1n) is 5.15. The zero-order valence-corrected chi connectivity index (χ0v) is 10.8. The van der Waals surface area contributed by atoms with Crippen LogP contribution >= 0.6 is 11.8 Å². The minimum Gasteiger partial charge on any atom is -0.466 e. The predicted octanol–water partition coefficient (Wildman–Crippen LogP) is 1.84. The molecule has 15 heavy (non-hydrogen) atoms. The summed E-state index contributed by atoms with van der Waals surface area (Å²) in [6.07, 6.45) is 4.70. The third kappa shape index (κ3) is 6.57. The lowest BCUT2D eigenvalue weighted by Gasteiger charge is -2.10. The summed E-state index contributed by atoms with van der Waals surface area (Å²) in [7, 11) is 1.41. The smallest absolute Gasteiger partial charge is 0.333 e. The lowest BCUT2D eigenvalue weighted by atomic mass is 10.2. The summed E-state index contributed by atoms with van der Waals surface area (Å²) in [6.45, 7) is 4.81. The Morgan fingerprint density at radius 2 is 2.27 bits per heavy atom. The van der Waals surface area contributed by atoms with Crippen LogP contribution in [0.3, 0.4) is 0 Å². The fourth-order valence-corrected chi connectivity index (χ4v) is 1.81. The molecule has 0 bridgehead atoms. The molecule has 0 radical (unpaired) electrons. The van der Waals surface area contributed by atoms with Gasteiger partial charge in [-0.3, -0.25) is 0 Å². The zero-order chi connectivity index (χ0) is 11.7. The van der Waals surface area contributed by atoms with E-state index in [9.17, 15) is 4.79 Å². The Morgan fingerprint density at radius 1 is 1.60 bits per heavy atom. The third-order valence-corrected chi connectivity index (χ3v) is 2.89. The maximum atomic E-state index is 11.2. The van der Waals surface area contributed by atoms with Gasteiger partial charge in [-0.05, 0) is 19.6 Å². The van der Waals surface area contributed by atoms with Crippen molar-refractivity contribution in [2.75, 3.05) is 25.7 Å². The number of esters is 1. The van der Waals surface area contributed by atoms with Gasteiger partial charge in [0.25, 0.3) is 0 Å². The maximum absolute atomic E-state index is 11.2. The second-order valence-electron chi connectivity index (χ2n) is 3.34. The lowest BCUT2D eigenvalue weighted by molar-refractivity contribution is -0.136. The zero-order valence-electron chi connectivity index (χ0n) is 10.0. The van der Waals surface area contributed by atoms with E-state index in [4.69, 9.17) is 0 Å². The third-order valence-electron chi connectivity index (χ3n) is 2.06. The molecule has 88 valence electrons. The van der Waals surface area contributed by atoms with Gasteiger partial charge in [-0.15, -0.1) is 0 Å². The van der Waals surface area contributed by atoms with Gasteiger partial charge in [0.05, 0.1) is 7.11 Å². The van der Waals surface area contributed by atoms with E-state index in [1.807, 2.05) is 24.8 Å². The highest BCUT2D eigenvalue weighted by molar-refractivity contribution is 7.98. The number of hydrogen-bond donors (Lipinski definition) is 1. The molecule has 0 saturated heterocycles. The molecule has 0 fully saturated rings. The molecule has 3 nitrogen and oxygen atoms in total. The van der Waals surface area contributed by atoms with Gasteiger partial charge in [-0.2, -0.15) is 11.8 Å². The van der Waals surface area contributed by atoms with Crippen molar-refractivity contribution in [2.24, 2.45) is 0 Å². The summed E-state index contributed by atoms with van der Waals surface area (Å²) >= 11 is 1.81. The molecule has 1 N–H and O–H groups in total. The molecule has 0 saturated carbocycles. The number of nitrogens with one attached hydrogen (secondary N) is 1. The molecular weight excluding hydrogens is 210 g/mol. The van der Waals surface area contributed by atoms with Crippen molar-refractivity contribution in [1.29, 1.82) is 0 Å². The molecule has 0 aromatic carbocycles. The van der Waals surface area contributed by atoms with Crippen molar-refractivity contribution < 1.29 is 9.53 Å². The molecule has 0 amide bonds. The van der Waals surface area contributed by atoms with E-state index in [-0.39, 0.29) is 5.97 Å². The van der Waals surface area contributed by atoms with Crippen LogP contribution in [0.2, 0.25) is 0 Å². The molecule has 0 aromatic rings. The SMILES string of the molecule is CCC(=CCNC(C)CSC)C(=O)OC. The molecule has 0 aromatic heterocycles. The minimum atomic E-state index is -0.225. The van der Waals surface area contributed by atoms with Crippen molar-refractivity contribution in [1.82, 2.24) is 5.32 Å². The summed E-state index contributed by atoms with van der Waals surface area (Å²) in [4.78, 5) is 11.2. The van der Waals surface area contributed by atoms with Crippen LogP contribution in [0.4, 0.5) is 0 Å². The first-order valence-corrected chi connectivity index (χ1v) is 6.54. The van der Waals surface area contributed by atoms with Gasteiger partial charge in [0.2, 0.25) is 0 Å². The monoisotopic (exact) mass is 231 g/mol. The van der Waals surface area contributed by atoms with E-state index in [1.54, 1.807) is 0 Å². The molecule has 0 aliphatic carbocycles. The largest absolute Gasteiger partial charge is 0.466 e. The predicted molar refractivity (Wildman–Crippen MR) is 66.2 cm³/mol. The van der Waals surface area contributed by atoms with E-state index < -0.39 is 0 Å². The Morgan fingerprint density at radius 3 is 2.73 bits per heavy atom. The van der Waals surface area contributed by atoms with E-state index >= 15 is 0 Å². The number of carbonyl (C=O) groups is 1. The Hall–Kier alpha value is -0.480. The summed E-state index contributed by atoms with van der Waals surface area (Å²) in [6, 6.07) is 0.465. The molecular formula is C11H21NO2S. The number of thioether (sulfide) groups is 1. The fraction of sp³-hybridized carbons (Fsp3) is 0.727. The van der Waals surface area contributed by atoms with Gasteiger partial charge in [0.1, 0.15) is 0 Å². The van der Waals surface area contributed by atoms with Crippen LogP contribution in [0, 0.1) is 0 Å². The maximum Gasteiger partial charge on any atom is 0.333 e. The summed E-state index contributed by atoms with van der Waals surface area (Å²) in [5.74, 6) is 0.852. The van der Waals surface area contributed by atoms with E-state index in [0.29, 0.717) is 12.5 Å². The number of ether oxygens (including phenoxy) is 1. The number of rotatable bonds is 7. The molecule has 0 heterocycles. The molecule has 1 unspecified atom stereocenters. The summed E-state index contributed by atoms with van der Waals surface area (Å²) in [5, 5.41) is 3.32. The van der Waals surface area contributed by atoms with Crippen LogP contribution in [-0.2, 0) is 9.53 Å². The highest BCUT2D eigenvalue weighted by Gasteiger charge is 2.06. The van der Waals surface area contributed by atoms with E-state index in [1.165, 1.54) is 7.11 Å². The summed E-state index contributed by atoms with van der Waals surface area (Å²) in [5.41, 5.74) is 0.737. The van der Waals surface area contributed by atoms with Crippen molar-refractivity contribution in [3.63, 3.8) is 0 Å². The van der Waals surface area contributed by atoms with E-state index in [2.05, 4.69) is 23.2 Å². The Kier molecular flexibility index (Phi) is 8.52. The van der Waals surface area contributed by atoms with Gasteiger partial charge >= 0.3 is 5.97 Å². The average Bonchev–Trinajstić information content (AvgIpc) is 2.24. The quantitative estimate of drug-likeness (QED) is 0.536. The Bertz CT molecular complexity index is 217. The van der Waals surface area contributed by atoms with Crippen molar-refractivity contribution in [3.05, 3.63) is 11.6 Å². The van der Waals surface area contributed by atoms with Gasteiger partial charge in [0, 0.05) is 23.9 Å². The molecule has 0 aliphatic rings. The van der Waals surface area contributed by atoms with Crippen molar-refractivity contribution in [3.8, 4) is 0 Å². The second-order valence-corrected chi connectivity index (χ2v) is 4.25. The average molecular weight is 231 g/mol. The molecule has 0 spiro atoms.